The van der Waals surface area contributed by atoms with Crippen LogP contribution in [-0.2, 0) is 16.0 Å². The van der Waals surface area contributed by atoms with Gasteiger partial charge in [-0.25, -0.2) is 4.98 Å². The predicted octanol–water partition coefficient (Wildman–Crippen LogP) is 3.48. The Balaban J connectivity index is 1.85. The third kappa shape index (κ3) is 6.00. The number of esters is 1. The quantitative estimate of drug-likeness (QED) is 0.450. The molecule has 0 unspecified atom stereocenters. The standard InChI is InChI=1S/C17H21N3O3S/c1-4-22-16(21)9-14-11-24-17(19-14)20-18-10-13-5-7-15(8-6-13)23-12(2)3/h5-8,10-12H,4,9H2,1-3H3,(H,19,20)/b18-10-. The molecule has 0 aliphatic carbocycles. The molecule has 24 heavy (non-hydrogen) atoms. The van der Waals surface area contributed by atoms with E-state index in [9.17, 15) is 4.79 Å². The molecule has 128 valence electrons. The zero-order valence-electron chi connectivity index (χ0n) is 14.0. The van der Waals surface area contributed by atoms with Gasteiger partial charge in [0.05, 0.1) is 31.0 Å². The van der Waals surface area contributed by atoms with Gasteiger partial charge in [0.2, 0.25) is 5.13 Å². The van der Waals surface area contributed by atoms with E-state index in [2.05, 4.69) is 15.5 Å². The van der Waals surface area contributed by atoms with Gasteiger partial charge in [-0.05, 0) is 50.6 Å². The molecule has 0 radical (unpaired) electrons. The average molecular weight is 347 g/mol. The van der Waals surface area contributed by atoms with Gasteiger partial charge in [0.1, 0.15) is 5.75 Å². The fourth-order valence-corrected chi connectivity index (χ4v) is 2.53. The molecule has 6 nitrogen and oxygen atoms in total. The lowest BCUT2D eigenvalue weighted by Gasteiger charge is -2.08. The van der Waals surface area contributed by atoms with Crippen LogP contribution in [0.1, 0.15) is 32.0 Å². The van der Waals surface area contributed by atoms with Crippen molar-refractivity contribution in [3.8, 4) is 5.75 Å². The number of ether oxygens (including phenoxy) is 2. The minimum atomic E-state index is -0.276. The third-order valence-electron chi connectivity index (χ3n) is 2.81. The average Bonchev–Trinajstić information content (AvgIpc) is 2.96. The summed E-state index contributed by atoms with van der Waals surface area (Å²) in [5, 5.41) is 6.59. The van der Waals surface area contributed by atoms with E-state index in [1.807, 2.05) is 43.5 Å². The second-order valence-electron chi connectivity index (χ2n) is 5.23. The maximum absolute atomic E-state index is 11.4. The first-order valence-corrected chi connectivity index (χ1v) is 8.60. The van der Waals surface area contributed by atoms with Crippen LogP contribution in [0.5, 0.6) is 5.75 Å². The van der Waals surface area contributed by atoms with Crippen LogP contribution in [0, 0.1) is 0 Å². The number of carbonyl (C=O) groups is 1. The second-order valence-corrected chi connectivity index (χ2v) is 6.09. The van der Waals surface area contributed by atoms with Gasteiger partial charge < -0.3 is 9.47 Å². The van der Waals surface area contributed by atoms with Crippen LogP contribution in [0.25, 0.3) is 0 Å². The molecular formula is C17H21N3O3S. The number of aromatic nitrogens is 1. The largest absolute Gasteiger partial charge is 0.491 e. The summed E-state index contributed by atoms with van der Waals surface area (Å²) in [6.45, 7) is 6.13. The molecule has 0 bridgehead atoms. The Bertz CT molecular complexity index is 681. The highest BCUT2D eigenvalue weighted by molar-refractivity contribution is 7.13. The second kappa shape index (κ2) is 9.02. The number of nitrogens with zero attached hydrogens (tertiary/aromatic N) is 2. The molecule has 0 spiro atoms. The van der Waals surface area contributed by atoms with E-state index in [0.717, 1.165) is 11.3 Å². The van der Waals surface area contributed by atoms with Gasteiger partial charge in [-0.3, -0.25) is 10.2 Å². The minimum absolute atomic E-state index is 0.153. The van der Waals surface area contributed by atoms with Crippen molar-refractivity contribution in [1.29, 1.82) is 0 Å². The lowest BCUT2D eigenvalue weighted by Crippen LogP contribution is -2.07. The van der Waals surface area contributed by atoms with Gasteiger partial charge in [-0.15, -0.1) is 11.3 Å². The summed E-state index contributed by atoms with van der Waals surface area (Å²) in [7, 11) is 0. The van der Waals surface area contributed by atoms with E-state index in [-0.39, 0.29) is 18.5 Å². The van der Waals surface area contributed by atoms with Gasteiger partial charge in [0.25, 0.3) is 0 Å². The summed E-state index contributed by atoms with van der Waals surface area (Å²) < 4.78 is 10.5. The molecule has 0 atom stereocenters. The molecule has 0 fully saturated rings. The normalized spacial score (nSPS) is 11.0. The predicted molar refractivity (Wildman–Crippen MR) is 95.9 cm³/mol. The first-order valence-electron chi connectivity index (χ1n) is 7.72. The molecule has 0 saturated heterocycles. The van der Waals surface area contributed by atoms with Crippen molar-refractivity contribution >= 4 is 28.7 Å². The molecule has 7 heteroatoms. The van der Waals surface area contributed by atoms with E-state index in [4.69, 9.17) is 9.47 Å². The molecule has 0 aliphatic heterocycles. The van der Waals surface area contributed by atoms with Crippen molar-refractivity contribution in [2.45, 2.75) is 33.3 Å². The minimum Gasteiger partial charge on any atom is -0.491 e. The summed E-state index contributed by atoms with van der Waals surface area (Å²) in [6.07, 6.45) is 2.03. The monoisotopic (exact) mass is 347 g/mol. The number of nitrogens with one attached hydrogen (secondary N) is 1. The smallest absolute Gasteiger partial charge is 0.311 e. The molecule has 2 rings (SSSR count). The summed E-state index contributed by atoms with van der Waals surface area (Å²) in [5.74, 6) is 0.556. The van der Waals surface area contributed by atoms with Crippen LogP contribution in [0.4, 0.5) is 5.13 Å². The number of benzene rings is 1. The van der Waals surface area contributed by atoms with Crippen molar-refractivity contribution in [2.24, 2.45) is 5.10 Å². The van der Waals surface area contributed by atoms with Crippen molar-refractivity contribution in [3.05, 3.63) is 40.9 Å². The zero-order chi connectivity index (χ0) is 17.4. The maximum atomic E-state index is 11.4. The molecule has 0 aliphatic rings. The molecule has 0 saturated carbocycles. The van der Waals surface area contributed by atoms with Crippen LogP contribution >= 0.6 is 11.3 Å². The van der Waals surface area contributed by atoms with E-state index in [1.54, 1.807) is 13.1 Å². The van der Waals surface area contributed by atoms with Crippen molar-refractivity contribution in [2.75, 3.05) is 12.0 Å². The molecule has 1 heterocycles. The fraction of sp³-hybridized carbons (Fsp3) is 0.353. The topological polar surface area (TPSA) is 72.8 Å². The number of rotatable bonds is 8. The van der Waals surface area contributed by atoms with Crippen molar-refractivity contribution in [3.63, 3.8) is 0 Å². The van der Waals surface area contributed by atoms with E-state index in [1.165, 1.54) is 11.3 Å². The Labute approximate surface area is 145 Å². The number of carbonyl (C=O) groups excluding carboxylic acids is 1. The Morgan fingerprint density at radius 1 is 1.38 bits per heavy atom. The number of thiazole rings is 1. The summed E-state index contributed by atoms with van der Waals surface area (Å²) in [4.78, 5) is 15.7. The Hall–Kier alpha value is -2.41. The van der Waals surface area contributed by atoms with Gasteiger partial charge in [-0.1, -0.05) is 0 Å². The van der Waals surface area contributed by atoms with Crippen LogP contribution in [0.3, 0.4) is 0 Å². The highest BCUT2D eigenvalue weighted by Gasteiger charge is 2.07. The van der Waals surface area contributed by atoms with E-state index in [0.29, 0.717) is 17.4 Å². The van der Waals surface area contributed by atoms with Gasteiger partial charge in [0.15, 0.2) is 0 Å². The van der Waals surface area contributed by atoms with Crippen molar-refractivity contribution in [1.82, 2.24) is 4.98 Å². The van der Waals surface area contributed by atoms with Gasteiger partial charge >= 0.3 is 5.97 Å². The summed E-state index contributed by atoms with van der Waals surface area (Å²) in [6, 6.07) is 7.66. The fourth-order valence-electron chi connectivity index (χ4n) is 1.87. The molecule has 0 amide bonds. The highest BCUT2D eigenvalue weighted by atomic mass is 32.1. The first kappa shape index (κ1) is 17.9. The zero-order valence-corrected chi connectivity index (χ0v) is 14.8. The maximum Gasteiger partial charge on any atom is 0.311 e. The SMILES string of the molecule is CCOC(=O)Cc1csc(N/N=C\c2ccc(OC(C)C)cc2)n1. The third-order valence-corrected chi connectivity index (χ3v) is 3.60. The Kier molecular flexibility index (Phi) is 6.74. The Morgan fingerprint density at radius 3 is 2.79 bits per heavy atom. The number of hydrogen-bond donors (Lipinski definition) is 1. The molecule has 1 aromatic carbocycles. The van der Waals surface area contributed by atoms with E-state index >= 15 is 0 Å². The first-order chi connectivity index (χ1) is 11.6. The number of anilines is 1. The lowest BCUT2D eigenvalue weighted by atomic mass is 10.2. The lowest BCUT2D eigenvalue weighted by molar-refractivity contribution is -0.142. The summed E-state index contributed by atoms with van der Waals surface area (Å²) >= 11 is 1.39. The van der Waals surface area contributed by atoms with Crippen LogP contribution in [0.2, 0.25) is 0 Å². The Morgan fingerprint density at radius 2 is 2.12 bits per heavy atom. The highest BCUT2D eigenvalue weighted by Crippen LogP contribution is 2.16. The molecule has 1 aromatic heterocycles. The van der Waals surface area contributed by atoms with Gasteiger partial charge in [-0.2, -0.15) is 5.10 Å². The summed E-state index contributed by atoms with van der Waals surface area (Å²) in [5.41, 5.74) is 4.48. The molecular weight excluding hydrogens is 326 g/mol. The molecule has 2 aromatic rings. The van der Waals surface area contributed by atoms with Crippen LogP contribution < -0.4 is 10.2 Å². The van der Waals surface area contributed by atoms with Crippen LogP contribution in [0.15, 0.2) is 34.7 Å². The van der Waals surface area contributed by atoms with Gasteiger partial charge in [0, 0.05) is 5.38 Å². The van der Waals surface area contributed by atoms with Crippen molar-refractivity contribution < 1.29 is 14.3 Å². The van der Waals surface area contributed by atoms with E-state index < -0.39 is 0 Å². The number of hydrazone groups is 1. The molecule has 1 N–H and O–H groups in total. The van der Waals surface area contributed by atoms with Crippen LogP contribution in [-0.4, -0.2) is 29.9 Å². The number of hydrogen-bond acceptors (Lipinski definition) is 7.